The van der Waals surface area contributed by atoms with Crippen molar-refractivity contribution in [2.45, 2.75) is 6.92 Å². The molecule has 0 radical (unpaired) electrons. The summed E-state index contributed by atoms with van der Waals surface area (Å²) in [7, 11) is 0. The van der Waals surface area contributed by atoms with Crippen LogP contribution in [0.3, 0.4) is 0 Å². The number of aryl methyl sites for hydroxylation is 1. The summed E-state index contributed by atoms with van der Waals surface area (Å²) in [6.45, 7) is 1.95. The Labute approximate surface area is 149 Å². The van der Waals surface area contributed by atoms with Crippen molar-refractivity contribution in [1.82, 2.24) is 4.98 Å². The molecule has 4 aromatic rings. The van der Waals surface area contributed by atoms with Gasteiger partial charge in [0.1, 0.15) is 11.3 Å². The lowest BCUT2D eigenvalue weighted by Gasteiger charge is -2.07. The monoisotopic (exact) mass is 346 g/mol. The zero-order chi connectivity index (χ0) is 18.1. The summed E-state index contributed by atoms with van der Waals surface area (Å²) in [5.74, 6) is -0.555. The zero-order valence-electron chi connectivity index (χ0n) is 14.0. The molecule has 0 spiro atoms. The van der Waals surface area contributed by atoms with Crippen LogP contribution in [-0.2, 0) is 0 Å². The second-order valence-electron chi connectivity index (χ2n) is 6.00. The van der Waals surface area contributed by atoms with E-state index in [0.717, 1.165) is 5.56 Å². The molecule has 128 valence electrons. The number of hydrogen-bond donors (Lipinski definition) is 1. The molecule has 4 rings (SSSR count). The number of nitrogens with zero attached hydrogens (tertiary/aromatic N) is 1. The molecule has 4 nitrogen and oxygen atoms in total. The molecular formula is C21H15FN2O2. The molecule has 0 fully saturated rings. The number of halogens is 1. The molecule has 1 amide bonds. The standard InChI is InChI=1S/C21H15FN2O2/c1-13-6-8-14(9-7-13)20(25)23-15-10-11-17(22)16(12-15)21-24-18-4-2-3-5-19(18)26-21/h2-12H,1H3,(H,23,25). The van der Waals surface area contributed by atoms with Gasteiger partial charge in [-0.25, -0.2) is 9.37 Å². The van der Waals surface area contributed by atoms with Crippen LogP contribution in [-0.4, -0.2) is 10.9 Å². The van der Waals surface area contributed by atoms with Gasteiger partial charge >= 0.3 is 0 Å². The van der Waals surface area contributed by atoms with E-state index in [2.05, 4.69) is 10.3 Å². The van der Waals surface area contributed by atoms with Crippen LogP contribution in [0.25, 0.3) is 22.6 Å². The first kappa shape index (κ1) is 16.0. The molecule has 1 N–H and O–H groups in total. The lowest BCUT2D eigenvalue weighted by molar-refractivity contribution is 0.102. The molecule has 0 unspecified atom stereocenters. The van der Waals surface area contributed by atoms with Crippen LogP contribution in [0.1, 0.15) is 15.9 Å². The Kier molecular flexibility index (Phi) is 3.97. The van der Waals surface area contributed by atoms with Gasteiger partial charge in [0.25, 0.3) is 5.91 Å². The Bertz CT molecular complexity index is 1070. The normalized spacial score (nSPS) is 10.8. The number of carbonyl (C=O) groups excluding carboxylic acids is 1. The quantitative estimate of drug-likeness (QED) is 0.555. The van der Waals surface area contributed by atoms with E-state index in [1.54, 1.807) is 24.3 Å². The number of anilines is 1. The van der Waals surface area contributed by atoms with Crippen LogP contribution in [0, 0.1) is 12.7 Å². The van der Waals surface area contributed by atoms with Crippen molar-refractivity contribution in [3.63, 3.8) is 0 Å². The van der Waals surface area contributed by atoms with Crippen LogP contribution in [0.4, 0.5) is 10.1 Å². The van der Waals surface area contributed by atoms with Crippen LogP contribution >= 0.6 is 0 Å². The first-order chi connectivity index (χ1) is 12.6. The average Bonchev–Trinajstić information content (AvgIpc) is 3.07. The number of rotatable bonds is 3. The van der Waals surface area contributed by atoms with Gasteiger partial charge in [-0.15, -0.1) is 0 Å². The fourth-order valence-electron chi connectivity index (χ4n) is 2.66. The molecule has 0 saturated carbocycles. The third kappa shape index (κ3) is 3.07. The molecule has 26 heavy (non-hydrogen) atoms. The van der Waals surface area contributed by atoms with Gasteiger partial charge < -0.3 is 9.73 Å². The third-order valence-corrected chi connectivity index (χ3v) is 4.06. The number of carbonyl (C=O) groups is 1. The predicted octanol–water partition coefficient (Wildman–Crippen LogP) is 5.19. The lowest BCUT2D eigenvalue weighted by Crippen LogP contribution is -2.11. The van der Waals surface area contributed by atoms with E-state index in [4.69, 9.17) is 4.42 Å². The van der Waals surface area contributed by atoms with E-state index >= 15 is 0 Å². The predicted molar refractivity (Wildman–Crippen MR) is 98.5 cm³/mol. The number of aromatic nitrogens is 1. The molecule has 0 aliphatic carbocycles. The first-order valence-corrected chi connectivity index (χ1v) is 8.14. The summed E-state index contributed by atoms with van der Waals surface area (Å²) in [6, 6.07) is 18.8. The Balaban J connectivity index is 1.65. The smallest absolute Gasteiger partial charge is 0.255 e. The summed E-state index contributed by atoms with van der Waals surface area (Å²) >= 11 is 0. The van der Waals surface area contributed by atoms with E-state index in [1.165, 1.54) is 18.2 Å². The van der Waals surface area contributed by atoms with Gasteiger partial charge in [-0.1, -0.05) is 29.8 Å². The number of hydrogen-bond acceptors (Lipinski definition) is 3. The highest BCUT2D eigenvalue weighted by Crippen LogP contribution is 2.28. The molecule has 0 saturated heterocycles. The van der Waals surface area contributed by atoms with Crippen LogP contribution < -0.4 is 5.32 Å². The topological polar surface area (TPSA) is 55.1 Å². The zero-order valence-corrected chi connectivity index (χ0v) is 14.0. The summed E-state index contributed by atoms with van der Waals surface area (Å²) < 4.78 is 19.9. The second kappa shape index (κ2) is 6.44. The van der Waals surface area contributed by atoms with Gasteiger partial charge in [-0.3, -0.25) is 4.79 Å². The highest BCUT2D eigenvalue weighted by atomic mass is 19.1. The number of benzene rings is 3. The number of oxazole rings is 1. The second-order valence-corrected chi connectivity index (χ2v) is 6.00. The Hall–Kier alpha value is -3.47. The minimum Gasteiger partial charge on any atom is -0.436 e. The van der Waals surface area contributed by atoms with Crippen molar-refractivity contribution >= 4 is 22.7 Å². The van der Waals surface area contributed by atoms with Crippen molar-refractivity contribution in [3.8, 4) is 11.5 Å². The maximum Gasteiger partial charge on any atom is 0.255 e. The number of fused-ring (bicyclic) bond motifs is 1. The van der Waals surface area contributed by atoms with Gasteiger partial charge in [-0.2, -0.15) is 0 Å². The number of para-hydroxylation sites is 2. The Morgan fingerprint density at radius 3 is 2.58 bits per heavy atom. The molecular weight excluding hydrogens is 331 g/mol. The lowest BCUT2D eigenvalue weighted by atomic mass is 10.1. The van der Waals surface area contributed by atoms with E-state index in [1.807, 2.05) is 31.2 Å². The van der Waals surface area contributed by atoms with Gasteiger partial charge in [0, 0.05) is 11.3 Å². The highest BCUT2D eigenvalue weighted by Gasteiger charge is 2.14. The third-order valence-electron chi connectivity index (χ3n) is 4.06. The van der Waals surface area contributed by atoms with Gasteiger partial charge in [0.05, 0.1) is 5.56 Å². The van der Waals surface area contributed by atoms with Gasteiger partial charge in [-0.05, 0) is 49.4 Å². The van der Waals surface area contributed by atoms with Crippen LogP contribution in [0.2, 0.25) is 0 Å². The fourth-order valence-corrected chi connectivity index (χ4v) is 2.66. The molecule has 1 heterocycles. The van der Waals surface area contributed by atoms with E-state index in [-0.39, 0.29) is 17.4 Å². The van der Waals surface area contributed by atoms with Crippen LogP contribution in [0.5, 0.6) is 0 Å². The largest absolute Gasteiger partial charge is 0.436 e. The molecule has 0 aliphatic rings. The number of nitrogens with one attached hydrogen (secondary N) is 1. The summed E-state index contributed by atoms with van der Waals surface area (Å²) in [6.07, 6.45) is 0. The molecule has 1 aromatic heterocycles. The van der Waals surface area contributed by atoms with Crippen molar-refractivity contribution < 1.29 is 13.6 Å². The Morgan fingerprint density at radius 1 is 1.04 bits per heavy atom. The van der Waals surface area contributed by atoms with Gasteiger partial charge in [0.2, 0.25) is 5.89 Å². The fraction of sp³-hybridized carbons (Fsp3) is 0.0476. The van der Waals surface area contributed by atoms with Gasteiger partial charge in [0.15, 0.2) is 5.58 Å². The molecule has 0 bridgehead atoms. The number of amides is 1. The summed E-state index contributed by atoms with van der Waals surface area (Å²) in [4.78, 5) is 16.7. The van der Waals surface area contributed by atoms with E-state index in [0.29, 0.717) is 22.4 Å². The average molecular weight is 346 g/mol. The molecule has 5 heteroatoms. The van der Waals surface area contributed by atoms with Crippen molar-refractivity contribution in [2.24, 2.45) is 0 Å². The van der Waals surface area contributed by atoms with E-state index in [9.17, 15) is 9.18 Å². The minimum atomic E-state index is -0.468. The van der Waals surface area contributed by atoms with Crippen molar-refractivity contribution in [1.29, 1.82) is 0 Å². The van der Waals surface area contributed by atoms with Crippen molar-refractivity contribution in [3.05, 3.63) is 83.7 Å². The van der Waals surface area contributed by atoms with Crippen molar-refractivity contribution in [2.75, 3.05) is 5.32 Å². The summed E-state index contributed by atoms with van der Waals surface area (Å²) in [5.41, 5.74) is 3.49. The summed E-state index contributed by atoms with van der Waals surface area (Å²) in [5, 5.41) is 2.77. The van der Waals surface area contributed by atoms with Crippen LogP contribution in [0.15, 0.2) is 71.1 Å². The van der Waals surface area contributed by atoms with E-state index < -0.39 is 5.82 Å². The SMILES string of the molecule is Cc1ccc(C(=O)Nc2ccc(F)c(-c3nc4ccccc4o3)c2)cc1. The maximum atomic E-state index is 14.3. The Morgan fingerprint density at radius 2 is 1.81 bits per heavy atom. The first-order valence-electron chi connectivity index (χ1n) is 8.14. The maximum absolute atomic E-state index is 14.3. The minimum absolute atomic E-state index is 0.176. The molecule has 0 atom stereocenters. The molecule has 3 aromatic carbocycles. The highest BCUT2D eigenvalue weighted by molar-refractivity contribution is 6.04. The molecule has 0 aliphatic heterocycles.